The summed E-state index contributed by atoms with van der Waals surface area (Å²) in [7, 11) is 0. The van der Waals surface area contributed by atoms with E-state index in [1.54, 1.807) is 6.33 Å². The molecule has 0 unspecified atom stereocenters. The molecule has 1 aliphatic rings. The summed E-state index contributed by atoms with van der Waals surface area (Å²) in [6, 6.07) is 8.07. The molecule has 0 amide bonds. The monoisotopic (exact) mass is 375 g/mol. The van der Waals surface area contributed by atoms with Crippen molar-refractivity contribution in [1.29, 1.82) is 0 Å². The van der Waals surface area contributed by atoms with E-state index in [4.69, 9.17) is 11.6 Å². The van der Waals surface area contributed by atoms with Crippen molar-refractivity contribution >= 4 is 36.4 Å². The first kappa shape index (κ1) is 20.3. The predicted octanol–water partition coefficient (Wildman–Crippen LogP) is 4.83. The predicted molar refractivity (Wildman–Crippen MR) is 101 cm³/mol. The molecule has 2 aromatic rings. The van der Waals surface area contributed by atoms with E-state index < -0.39 is 0 Å². The van der Waals surface area contributed by atoms with Gasteiger partial charge in [0.15, 0.2) is 0 Å². The molecule has 0 spiro atoms. The van der Waals surface area contributed by atoms with Gasteiger partial charge in [0, 0.05) is 29.4 Å². The van der Waals surface area contributed by atoms with E-state index in [2.05, 4.69) is 34.3 Å². The van der Waals surface area contributed by atoms with Crippen LogP contribution in [-0.2, 0) is 6.54 Å². The average Bonchev–Trinajstić information content (AvgIpc) is 3.09. The topological polar surface area (TPSA) is 40.7 Å². The highest BCUT2D eigenvalue weighted by atomic mass is 35.5. The molecule has 128 valence electrons. The number of halogens is 3. The van der Waals surface area contributed by atoms with Crippen LogP contribution in [0, 0.1) is 11.8 Å². The number of imidazole rings is 1. The Kier molecular flexibility index (Phi) is 8.41. The van der Waals surface area contributed by atoms with Crippen LogP contribution in [0.4, 0.5) is 0 Å². The van der Waals surface area contributed by atoms with Gasteiger partial charge in [-0.3, -0.25) is 0 Å². The maximum Gasteiger partial charge on any atom is 0.0921 e. The van der Waals surface area contributed by atoms with Crippen LogP contribution in [0.3, 0.4) is 0 Å². The fourth-order valence-corrected chi connectivity index (χ4v) is 3.29. The highest BCUT2D eigenvalue weighted by Crippen LogP contribution is 2.51. The molecule has 1 saturated carbocycles. The summed E-state index contributed by atoms with van der Waals surface area (Å²) < 4.78 is 0. The number of aromatic amines is 1. The van der Waals surface area contributed by atoms with Crippen molar-refractivity contribution in [2.24, 2.45) is 11.8 Å². The van der Waals surface area contributed by atoms with Crippen LogP contribution in [0.1, 0.15) is 36.9 Å². The van der Waals surface area contributed by atoms with Gasteiger partial charge in [0.25, 0.3) is 0 Å². The Morgan fingerprint density at radius 1 is 1.30 bits per heavy atom. The third kappa shape index (κ3) is 5.39. The minimum Gasteiger partial charge on any atom is -0.348 e. The maximum absolute atomic E-state index is 5.90. The van der Waals surface area contributed by atoms with Gasteiger partial charge in [-0.25, -0.2) is 4.98 Å². The number of aromatic nitrogens is 2. The summed E-state index contributed by atoms with van der Waals surface area (Å²) in [5.74, 6) is 2.23. The van der Waals surface area contributed by atoms with Crippen LogP contribution in [-0.4, -0.2) is 16.5 Å². The van der Waals surface area contributed by atoms with Crippen molar-refractivity contribution in [3.63, 3.8) is 0 Å². The molecule has 0 aliphatic heterocycles. The van der Waals surface area contributed by atoms with Crippen LogP contribution < -0.4 is 5.32 Å². The van der Waals surface area contributed by atoms with E-state index in [0.29, 0.717) is 5.92 Å². The van der Waals surface area contributed by atoms with Crippen LogP contribution in [0.15, 0.2) is 36.8 Å². The molecule has 3 rings (SSSR count). The molecule has 6 heteroatoms. The normalized spacial score (nSPS) is 20.3. The van der Waals surface area contributed by atoms with Crippen molar-refractivity contribution in [2.75, 3.05) is 6.54 Å². The third-order valence-corrected chi connectivity index (χ3v) is 4.79. The summed E-state index contributed by atoms with van der Waals surface area (Å²) in [4.78, 5) is 7.38. The lowest BCUT2D eigenvalue weighted by Crippen LogP contribution is -2.23. The van der Waals surface area contributed by atoms with E-state index in [1.165, 1.54) is 24.1 Å². The SMILES string of the molecule is CC[C@H](CNCc1ccc(Cl)cc1)[C@@H]1C[C@H]1c1cnc[nH]1.Cl.Cl. The first-order valence-electron chi connectivity index (χ1n) is 7.71. The highest BCUT2D eigenvalue weighted by Gasteiger charge is 2.43. The average molecular weight is 377 g/mol. The molecule has 1 fully saturated rings. The highest BCUT2D eigenvalue weighted by molar-refractivity contribution is 6.30. The van der Waals surface area contributed by atoms with Crippen LogP contribution in [0.2, 0.25) is 5.02 Å². The number of benzene rings is 1. The first-order chi connectivity index (χ1) is 10.3. The van der Waals surface area contributed by atoms with Gasteiger partial charge >= 0.3 is 0 Å². The van der Waals surface area contributed by atoms with Crippen molar-refractivity contribution in [3.8, 4) is 0 Å². The number of H-pyrrole nitrogens is 1. The molecule has 1 aromatic carbocycles. The van der Waals surface area contributed by atoms with Gasteiger partial charge in [0.1, 0.15) is 0 Å². The fourth-order valence-electron chi connectivity index (χ4n) is 3.17. The number of nitrogens with one attached hydrogen (secondary N) is 2. The molecule has 1 aliphatic carbocycles. The lowest BCUT2D eigenvalue weighted by Gasteiger charge is -2.15. The number of hydrogen-bond donors (Lipinski definition) is 2. The van der Waals surface area contributed by atoms with Crippen molar-refractivity contribution in [1.82, 2.24) is 15.3 Å². The van der Waals surface area contributed by atoms with E-state index in [0.717, 1.165) is 29.9 Å². The Bertz CT molecular complexity index is 557. The summed E-state index contributed by atoms with van der Waals surface area (Å²) in [5, 5.41) is 4.39. The second kappa shape index (κ2) is 9.53. The van der Waals surface area contributed by atoms with Gasteiger partial charge in [-0.05, 0) is 42.5 Å². The van der Waals surface area contributed by atoms with Gasteiger partial charge in [-0.1, -0.05) is 37.1 Å². The van der Waals surface area contributed by atoms with Crippen LogP contribution in [0.25, 0.3) is 0 Å². The smallest absolute Gasteiger partial charge is 0.0921 e. The molecule has 0 saturated heterocycles. The van der Waals surface area contributed by atoms with Gasteiger partial charge in [-0.2, -0.15) is 0 Å². The van der Waals surface area contributed by atoms with Crippen molar-refractivity contribution in [3.05, 3.63) is 53.1 Å². The second-order valence-corrected chi connectivity index (χ2v) is 6.38. The summed E-state index contributed by atoms with van der Waals surface area (Å²) in [6.45, 7) is 4.28. The minimum absolute atomic E-state index is 0. The van der Waals surface area contributed by atoms with Gasteiger partial charge in [-0.15, -0.1) is 24.8 Å². The molecule has 1 heterocycles. The molecule has 0 radical (unpaired) electrons. The second-order valence-electron chi connectivity index (χ2n) is 5.94. The minimum atomic E-state index is 0. The lowest BCUT2D eigenvalue weighted by molar-refractivity contribution is 0.405. The van der Waals surface area contributed by atoms with E-state index >= 15 is 0 Å². The molecule has 3 nitrogen and oxygen atoms in total. The fraction of sp³-hybridized carbons (Fsp3) is 0.471. The summed E-state index contributed by atoms with van der Waals surface area (Å²) in [5.41, 5.74) is 2.59. The Balaban J connectivity index is 0.00000132. The molecular formula is C17H24Cl3N3. The molecule has 23 heavy (non-hydrogen) atoms. The Morgan fingerprint density at radius 3 is 2.65 bits per heavy atom. The molecular weight excluding hydrogens is 353 g/mol. The summed E-state index contributed by atoms with van der Waals surface area (Å²) >= 11 is 5.90. The first-order valence-corrected chi connectivity index (χ1v) is 8.09. The Hall–Kier alpha value is -0.740. The van der Waals surface area contributed by atoms with Gasteiger partial charge in [0.05, 0.1) is 6.33 Å². The lowest BCUT2D eigenvalue weighted by atomic mass is 9.98. The summed E-state index contributed by atoms with van der Waals surface area (Å²) in [6.07, 6.45) is 6.27. The Morgan fingerprint density at radius 2 is 2.04 bits per heavy atom. The van der Waals surface area contributed by atoms with Crippen LogP contribution >= 0.6 is 36.4 Å². The number of rotatable bonds is 7. The zero-order chi connectivity index (χ0) is 14.7. The molecule has 2 N–H and O–H groups in total. The molecule has 3 atom stereocenters. The quantitative estimate of drug-likeness (QED) is 0.727. The third-order valence-electron chi connectivity index (χ3n) is 4.54. The van der Waals surface area contributed by atoms with E-state index in [1.807, 2.05) is 18.3 Å². The van der Waals surface area contributed by atoms with E-state index in [9.17, 15) is 0 Å². The largest absolute Gasteiger partial charge is 0.348 e. The standard InChI is InChI=1S/C17H22ClN3.2ClH/c1-2-13(15-7-16(15)17-10-20-11-21-17)9-19-8-12-3-5-14(18)6-4-12;;/h3-6,10-11,13,15-16,19H,2,7-9H2,1H3,(H,20,21);2*1H/t13-,15+,16-;;/m1../s1. The van der Waals surface area contributed by atoms with Gasteiger partial charge < -0.3 is 10.3 Å². The maximum atomic E-state index is 5.90. The molecule has 0 bridgehead atoms. The number of nitrogens with zero attached hydrogens (tertiary/aromatic N) is 1. The van der Waals surface area contributed by atoms with E-state index in [-0.39, 0.29) is 24.8 Å². The van der Waals surface area contributed by atoms with Crippen LogP contribution in [0.5, 0.6) is 0 Å². The number of hydrogen-bond acceptors (Lipinski definition) is 2. The molecule has 1 aromatic heterocycles. The van der Waals surface area contributed by atoms with Crippen molar-refractivity contribution < 1.29 is 0 Å². The Labute approximate surface area is 155 Å². The zero-order valence-corrected chi connectivity index (χ0v) is 15.6. The van der Waals surface area contributed by atoms with Crippen molar-refractivity contribution in [2.45, 2.75) is 32.2 Å². The zero-order valence-electron chi connectivity index (χ0n) is 13.2. The van der Waals surface area contributed by atoms with Gasteiger partial charge in [0.2, 0.25) is 0 Å².